The number of hydrogen-bond donors (Lipinski definition) is 2. The van der Waals surface area contributed by atoms with E-state index in [0.717, 1.165) is 30.2 Å². The van der Waals surface area contributed by atoms with Crippen LogP contribution in [0.5, 0.6) is 11.5 Å². The Balaban J connectivity index is 0.00000225. The normalized spacial score (nSPS) is 22.2. The van der Waals surface area contributed by atoms with Gasteiger partial charge in [-0.05, 0) is 25.0 Å². The lowest BCUT2D eigenvalue weighted by Gasteiger charge is -2.42. The van der Waals surface area contributed by atoms with E-state index in [0.29, 0.717) is 19.2 Å². The molecule has 0 unspecified atom stereocenters. The molecular formula is C20H31IN4O2S. The number of ether oxygens (including phenoxy) is 2. The summed E-state index contributed by atoms with van der Waals surface area (Å²) in [5, 5.41) is 3.23. The molecule has 6 nitrogen and oxygen atoms in total. The maximum Gasteiger partial charge on any atom is 0.193 e. The molecular weight excluding hydrogens is 487 g/mol. The van der Waals surface area contributed by atoms with E-state index in [4.69, 9.17) is 20.2 Å². The fourth-order valence-electron chi connectivity index (χ4n) is 4.31. The highest BCUT2D eigenvalue weighted by Gasteiger charge is 2.39. The summed E-state index contributed by atoms with van der Waals surface area (Å²) >= 11 is 2.06. The lowest BCUT2D eigenvalue weighted by molar-refractivity contribution is 0.112. The number of nitrogens with two attached hydrogens (primary N) is 1. The Hall–Kier alpha value is -0.870. The summed E-state index contributed by atoms with van der Waals surface area (Å²) in [7, 11) is 0. The molecule has 0 aromatic heterocycles. The van der Waals surface area contributed by atoms with Gasteiger partial charge in [0.1, 0.15) is 0 Å². The van der Waals surface area contributed by atoms with Gasteiger partial charge in [0.15, 0.2) is 17.5 Å². The number of benzene rings is 1. The van der Waals surface area contributed by atoms with Gasteiger partial charge in [-0.15, -0.1) is 24.0 Å². The molecule has 2 aliphatic heterocycles. The molecule has 1 aromatic rings. The molecule has 3 aliphatic rings. The average molecular weight is 518 g/mol. The summed E-state index contributed by atoms with van der Waals surface area (Å²) in [5.41, 5.74) is 7.31. The lowest BCUT2D eigenvalue weighted by Crippen LogP contribution is -2.52. The first-order valence-electron chi connectivity index (χ1n) is 10.0. The van der Waals surface area contributed by atoms with Gasteiger partial charge >= 0.3 is 0 Å². The second kappa shape index (κ2) is 10.2. The minimum Gasteiger partial charge on any atom is -0.490 e. The Bertz CT molecular complexity index is 676. The highest BCUT2D eigenvalue weighted by atomic mass is 127. The zero-order valence-corrected chi connectivity index (χ0v) is 19.5. The number of guanidine groups is 1. The maximum atomic E-state index is 6.22. The Labute approximate surface area is 189 Å². The zero-order chi connectivity index (χ0) is 18.5. The monoisotopic (exact) mass is 518 g/mol. The molecule has 0 atom stereocenters. The first-order chi connectivity index (χ1) is 13.3. The minimum absolute atomic E-state index is 0. The third-order valence-electron chi connectivity index (χ3n) is 5.78. The van der Waals surface area contributed by atoms with E-state index in [1.54, 1.807) is 0 Å². The average Bonchev–Trinajstić information content (AvgIpc) is 3.07. The van der Waals surface area contributed by atoms with Crippen LogP contribution in [0, 0.1) is 0 Å². The van der Waals surface area contributed by atoms with Gasteiger partial charge in [0.25, 0.3) is 0 Å². The second-order valence-corrected chi connectivity index (χ2v) is 8.79. The number of nitrogens with zero attached hydrogens (tertiary/aromatic N) is 2. The third-order valence-corrected chi connectivity index (χ3v) is 6.72. The van der Waals surface area contributed by atoms with E-state index >= 15 is 0 Å². The smallest absolute Gasteiger partial charge is 0.193 e. The second-order valence-electron chi connectivity index (χ2n) is 7.57. The summed E-state index contributed by atoms with van der Waals surface area (Å²) in [6, 6.07) is 5.83. The highest BCUT2D eigenvalue weighted by molar-refractivity contribution is 14.0. The van der Waals surface area contributed by atoms with Crippen molar-refractivity contribution in [1.82, 2.24) is 4.90 Å². The van der Waals surface area contributed by atoms with Gasteiger partial charge in [-0.25, -0.2) is 0 Å². The fraction of sp³-hybridized carbons (Fsp3) is 0.650. The first kappa shape index (κ1) is 21.8. The lowest BCUT2D eigenvalue weighted by atomic mass is 9.95. The Morgan fingerprint density at radius 2 is 1.82 bits per heavy atom. The summed E-state index contributed by atoms with van der Waals surface area (Å²) in [4.78, 5) is 7.41. The van der Waals surface area contributed by atoms with Crippen molar-refractivity contribution in [1.29, 1.82) is 0 Å². The van der Waals surface area contributed by atoms with E-state index in [1.165, 1.54) is 50.3 Å². The molecule has 0 radical (unpaired) electrons. The van der Waals surface area contributed by atoms with Crippen LogP contribution in [-0.2, 0) is 0 Å². The molecule has 8 heteroatoms. The van der Waals surface area contributed by atoms with Gasteiger partial charge in [0.2, 0.25) is 0 Å². The Morgan fingerprint density at radius 1 is 1.11 bits per heavy atom. The molecule has 0 spiro atoms. The zero-order valence-electron chi connectivity index (χ0n) is 16.3. The van der Waals surface area contributed by atoms with E-state index < -0.39 is 0 Å². The number of aliphatic imine (C=N–C) groups is 1. The van der Waals surface area contributed by atoms with Gasteiger partial charge in [-0.1, -0.05) is 12.8 Å². The summed E-state index contributed by atoms with van der Waals surface area (Å²) in [6.07, 6.45) is 5.97. The fourth-order valence-corrected chi connectivity index (χ4v) is 5.21. The van der Waals surface area contributed by atoms with Gasteiger partial charge in [0.05, 0.1) is 19.8 Å². The number of nitrogens with one attached hydrogen (secondary N) is 1. The molecule has 28 heavy (non-hydrogen) atoms. The van der Waals surface area contributed by atoms with Crippen molar-refractivity contribution < 1.29 is 9.47 Å². The largest absolute Gasteiger partial charge is 0.490 e. The Kier molecular flexibility index (Phi) is 7.99. The summed E-state index contributed by atoms with van der Waals surface area (Å²) < 4.78 is 11.4. The molecule has 156 valence electrons. The molecule has 2 heterocycles. The van der Waals surface area contributed by atoms with Crippen LogP contribution in [0.4, 0.5) is 5.69 Å². The van der Waals surface area contributed by atoms with E-state index in [9.17, 15) is 0 Å². The third kappa shape index (κ3) is 5.18. The van der Waals surface area contributed by atoms with Crippen molar-refractivity contribution in [3.05, 3.63) is 18.2 Å². The highest BCUT2D eigenvalue weighted by Crippen LogP contribution is 2.37. The standard InChI is InChI=1S/C20H30N4O2S.HI/c21-19(23-16-4-5-17-18(14-16)26-11-3-10-25-17)22-15-20(6-1-2-7-20)24-8-12-27-13-9-24;/h4-5,14H,1-3,6-13,15H2,(H3,21,22,23);1H. The molecule has 1 saturated heterocycles. The number of fused-ring (bicyclic) bond motifs is 1. The van der Waals surface area contributed by atoms with Gasteiger partial charge in [-0.3, -0.25) is 9.89 Å². The van der Waals surface area contributed by atoms with Crippen molar-refractivity contribution in [3.63, 3.8) is 0 Å². The number of hydrogen-bond acceptors (Lipinski definition) is 5. The molecule has 1 aromatic carbocycles. The molecule has 1 aliphatic carbocycles. The van der Waals surface area contributed by atoms with Crippen LogP contribution in [-0.4, -0.2) is 60.8 Å². The maximum absolute atomic E-state index is 6.22. The van der Waals surface area contributed by atoms with Crippen LogP contribution >= 0.6 is 35.7 Å². The van der Waals surface area contributed by atoms with Crippen LogP contribution in [0.2, 0.25) is 0 Å². The van der Waals surface area contributed by atoms with E-state index in [2.05, 4.69) is 22.0 Å². The molecule has 1 saturated carbocycles. The van der Waals surface area contributed by atoms with Gasteiger partial charge < -0.3 is 20.5 Å². The van der Waals surface area contributed by atoms with E-state index in [1.807, 2.05) is 18.2 Å². The van der Waals surface area contributed by atoms with Crippen LogP contribution in [0.3, 0.4) is 0 Å². The van der Waals surface area contributed by atoms with Gasteiger partial charge in [-0.2, -0.15) is 11.8 Å². The van der Waals surface area contributed by atoms with Gasteiger partial charge in [0, 0.05) is 48.3 Å². The van der Waals surface area contributed by atoms with Crippen LogP contribution < -0.4 is 20.5 Å². The van der Waals surface area contributed by atoms with Crippen LogP contribution in [0.1, 0.15) is 32.1 Å². The number of halogens is 1. The summed E-state index contributed by atoms with van der Waals surface area (Å²) in [6.45, 7) is 4.50. The SMILES string of the molecule is I.NC(=NCC1(N2CCSCC2)CCCC1)Nc1ccc2c(c1)OCCCO2. The quantitative estimate of drug-likeness (QED) is 0.361. The number of anilines is 1. The van der Waals surface area contributed by atoms with E-state index in [-0.39, 0.29) is 29.5 Å². The van der Waals surface area contributed by atoms with Crippen LogP contribution in [0.15, 0.2) is 23.2 Å². The topological polar surface area (TPSA) is 72.1 Å². The van der Waals surface area contributed by atoms with Crippen molar-refractivity contribution in [2.24, 2.45) is 10.7 Å². The first-order valence-corrected chi connectivity index (χ1v) is 11.2. The number of rotatable bonds is 4. The minimum atomic E-state index is 0. The Morgan fingerprint density at radius 3 is 2.57 bits per heavy atom. The molecule has 0 amide bonds. The van der Waals surface area contributed by atoms with Crippen molar-refractivity contribution in [3.8, 4) is 11.5 Å². The molecule has 0 bridgehead atoms. The predicted octanol–water partition coefficient (Wildman–Crippen LogP) is 3.55. The van der Waals surface area contributed by atoms with Crippen LogP contribution in [0.25, 0.3) is 0 Å². The molecule has 4 rings (SSSR count). The number of thioether (sulfide) groups is 1. The van der Waals surface area contributed by atoms with Crippen molar-refractivity contribution in [2.75, 3.05) is 49.7 Å². The van der Waals surface area contributed by atoms with Crippen molar-refractivity contribution >= 4 is 47.4 Å². The summed E-state index contributed by atoms with van der Waals surface area (Å²) in [5.74, 6) is 4.50. The predicted molar refractivity (Wildman–Crippen MR) is 128 cm³/mol. The van der Waals surface area contributed by atoms with Crippen molar-refractivity contribution in [2.45, 2.75) is 37.6 Å². The molecule has 3 N–H and O–H groups in total. The molecule has 2 fully saturated rings.